The number of rotatable bonds is 2. The zero-order chi connectivity index (χ0) is 11.7. The summed E-state index contributed by atoms with van der Waals surface area (Å²) in [5.74, 6) is 0.893. The van der Waals surface area contributed by atoms with Crippen LogP contribution in [0.4, 0.5) is 0 Å². The fraction of sp³-hybridized carbons (Fsp3) is 0.455. The molecule has 0 amide bonds. The first-order valence-electron chi connectivity index (χ1n) is 5.67. The second kappa shape index (κ2) is 4.56. The molecule has 1 aliphatic heterocycles. The van der Waals surface area contributed by atoms with Crippen LogP contribution < -0.4 is 5.32 Å². The molecule has 1 fully saturated rings. The molecule has 90 valence electrons. The van der Waals surface area contributed by atoms with Crippen molar-refractivity contribution >= 4 is 11.5 Å². The first-order chi connectivity index (χ1) is 8.36. The number of nitrogens with zero attached hydrogens (tertiary/aromatic N) is 3. The number of nitrogens with one attached hydrogen (secondary N) is 1. The van der Waals surface area contributed by atoms with Crippen LogP contribution in [0.15, 0.2) is 24.0 Å². The predicted octanol–water partition coefficient (Wildman–Crippen LogP) is 0.902. The summed E-state index contributed by atoms with van der Waals surface area (Å²) in [6, 6.07) is 0.105. The third-order valence-corrected chi connectivity index (χ3v) is 3.72. The van der Waals surface area contributed by atoms with Gasteiger partial charge in [0.15, 0.2) is 0 Å². The highest BCUT2D eigenvalue weighted by Crippen LogP contribution is 2.26. The Hall–Kier alpha value is -1.24. The smallest absolute Gasteiger partial charge is 0.142 e. The molecule has 0 spiro atoms. The van der Waals surface area contributed by atoms with Crippen LogP contribution in [0.5, 0.6) is 0 Å². The summed E-state index contributed by atoms with van der Waals surface area (Å²) in [7, 11) is 0. The summed E-state index contributed by atoms with van der Waals surface area (Å²) in [5, 5.41) is 15.2. The molecule has 3 heterocycles. The van der Waals surface area contributed by atoms with Gasteiger partial charge < -0.3 is 15.0 Å². The minimum absolute atomic E-state index is 0.105. The molecule has 0 unspecified atom stereocenters. The topological polar surface area (TPSA) is 63.0 Å². The summed E-state index contributed by atoms with van der Waals surface area (Å²) in [4.78, 5) is 4.37. The van der Waals surface area contributed by atoms with Crippen LogP contribution >= 0.6 is 11.5 Å². The quantitative estimate of drug-likeness (QED) is 0.831. The van der Waals surface area contributed by atoms with Gasteiger partial charge in [-0.1, -0.05) is 0 Å². The average Bonchev–Trinajstić information content (AvgIpc) is 3.00. The van der Waals surface area contributed by atoms with Crippen LogP contribution in [0.1, 0.15) is 12.5 Å². The Morgan fingerprint density at radius 2 is 2.47 bits per heavy atom. The lowest BCUT2D eigenvalue weighted by Crippen LogP contribution is -2.41. The fourth-order valence-corrected chi connectivity index (χ4v) is 2.79. The highest BCUT2D eigenvalue weighted by Gasteiger charge is 2.26. The van der Waals surface area contributed by atoms with E-state index in [2.05, 4.69) is 19.2 Å². The van der Waals surface area contributed by atoms with Gasteiger partial charge in [0.2, 0.25) is 0 Å². The van der Waals surface area contributed by atoms with Gasteiger partial charge in [0.25, 0.3) is 0 Å². The number of aromatic nitrogens is 3. The highest BCUT2D eigenvalue weighted by atomic mass is 32.1. The summed E-state index contributed by atoms with van der Waals surface area (Å²) >= 11 is 1.42. The molecule has 0 radical (unpaired) electrons. The normalized spacial score (nSPS) is 25.0. The highest BCUT2D eigenvalue weighted by molar-refractivity contribution is 7.03. The number of hydrogen-bond donors (Lipinski definition) is 2. The zero-order valence-corrected chi connectivity index (χ0v) is 10.1. The van der Waals surface area contributed by atoms with E-state index in [0.717, 1.165) is 24.4 Å². The van der Waals surface area contributed by atoms with Crippen LogP contribution in [-0.4, -0.2) is 38.2 Å². The molecule has 0 aliphatic carbocycles. The molecule has 2 N–H and O–H groups in total. The van der Waals surface area contributed by atoms with Crippen LogP contribution in [0, 0.1) is 0 Å². The van der Waals surface area contributed by atoms with E-state index in [1.165, 1.54) is 11.5 Å². The minimum atomic E-state index is -0.358. The number of aliphatic hydroxyl groups excluding tert-OH is 1. The van der Waals surface area contributed by atoms with Crippen LogP contribution in [0.25, 0.3) is 11.4 Å². The van der Waals surface area contributed by atoms with Crippen molar-refractivity contribution in [3.63, 3.8) is 0 Å². The molecule has 6 heteroatoms. The van der Waals surface area contributed by atoms with Gasteiger partial charge in [0.1, 0.15) is 5.82 Å². The van der Waals surface area contributed by atoms with Gasteiger partial charge in [-0.25, -0.2) is 9.36 Å². The van der Waals surface area contributed by atoms with E-state index in [0.29, 0.717) is 6.54 Å². The van der Waals surface area contributed by atoms with Crippen molar-refractivity contribution in [2.24, 2.45) is 0 Å². The van der Waals surface area contributed by atoms with E-state index >= 15 is 0 Å². The Bertz CT molecular complexity index is 481. The molecule has 2 aromatic heterocycles. The Labute approximate surface area is 103 Å². The van der Waals surface area contributed by atoms with Gasteiger partial charge in [-0.15, -0.1) is 0 Å². The van der Waals surface area contributed by atoms with Crippen molar-refractivity contribution in [3.05, 3.63) is 24.0 Å². The van der Waals surface area contributed by atoms with Crippen molar-refractivity contribution in [3.8, 4) is 11.4 Å². The van der Waals surface area contributed by atoms with Gasteiger partial charge >= 0.3 is 0 Å². The molecule has 1 saturated heterocycles. The molecule has 17 heavy (non-hydrogen) atoms. The van der Waals surface area contributed by atoms with Crippen molar-refractivity contribution in [2.45, 2.75) is 18.6 Å². The molecule has 0 bridgehead atoms. The van der Waals surface area contributed by atoms with Crippen molar-refractivity contribution in [1.29, 1.82) is 0 Å². The van der Waals surface area contributed by atoms with E-state index in [4.69, 9.17) is 0 Å². The van der Waals surface area contributed by atoms with E-state index in [1.54, 1.807) is 6.20 Å². The standard InChI is InChI=1S/C11H14N4OS/c16-10-6-12-2-1-9(10)15-4-3-13-11(15)8-5-14-17-7-8/h3-5,7,9-10,12,16H,1-2,6H2/t9-,10-/m0/s1. The summed E-state index contributed by atoms with van der Waals surface area (Å²) in [6.07, 6.45) is 6.09. The van der Waals surface area contributed by atoms with Crippen LogP contribution in [0.3, 0.4) is 0 Å². The van der Waals surface area contributed by atoms with E-state index in [-0.39, 0.29) is 12.1 Å². The van der Waals surface area contributed by atoms with Gasteiger partial charge in [-0.3, -0.25) is 0 Å². The fourth-order valence-electron chi connectivity index (χ4n) is 2.27. The predicted molar refractivity (Wildman–Crippen MR) is 65.9 cm³/mol. The molecule has 1 aliphatic rings. The lowest BCUT2D eigenvalue weighted by molar-refractivity contribution is 0.0880. The average molecular weight is 250 g/mol. The van der Waals surface area contributed by atoms with Gasteiger partial charge in [-0.05, 0) is 24.5 Å². The minimum Gasteiger partial charge on any atom is -0.390 e. The first kappa shape index (κ1) is 10.9. The van der Waals surface area contributed by atoms with Gasteiger partial charge in [-0.2, -0.15) is 0 Å². The molecule has 0 aromatic carbocycles. The van der Waals surface area contributed by atoms with Crippen molar-refractivity contribution < 1.29 is 5.11 Å². The maximum Gasteiger partial charge on any atom is 0.142 e. The Morgan fingerprint density at radius 3 is 3.24 bits per heavy atom. The first-order valence-corrected chi connectivity index (χ1v) is 6.51. The maximum absolute atomic E-state index is 10.0. The zero-order valence-electron chi connectivity index (χ0n) is 9.28. The number of imidazole rings is 1. The second-order valence-electron chi connectivity index (χ2n) is 4.20. The Balaban J connectivity index is 1.95. The lowest BCUT2D eigenvalue weighted by atomic mass is 10.0. The molecule has 2 aromatic rings. The lowest BCUT2D eigenvalue weighted by Gasteiger charge is -2.30. The third kappa shape index (κ3) is 1.99. The summed E-state index contributed by atoms with van der Waals surface area (Å²) in [5.41, 5.74) is 1.02. The van der Waals surface area contributed by atoms with Gasteiger partial charge in [0.05, 0.1) is 18.3 Å². The van der Waals surface area contributed by atoms with Crippen molar-refractivity contribution in [2.75, 3.05) is 13.1 Å². The number of hydrogen-bond acceptors (Lipinski definition) is 5. The largest absolute Gasteiger partial charge is 0.390 e. The Morgan fingerprint density at radius 1 is 1.53 bits per heavy atom. The van der Waals surface area contributed by atoms with Crippen molar-refractivity contribution in [1.82, 2.24) is 19.2 Å². The number of piperidine rings is 1. The Kier molecular flexibility index (Phi) is 2.92. The molecule has 3 rings (SSSR count). The van der Waals surface area contributed by atoms with Gasteiger partial charge in [0, 0.05) is 29.9 Å². The molecule has 5 nitrogen and oxygen atoms in total. The van der Waals surface area contributed by atoms with Crippen LogP contribution in [0.2, 0.25) is 0 Å². The van der Waals surface area contributed by atoms with E-state index in [1.807, 2.05) is 17.8 Å². The molecular weight excluding hydrogens is 236 g/mol. The van der Waals surface area contributed by atoms with E-state index in [9.17, 15) is 5.11 Å². The number of β-amino-alcohol motifs (C(OH)–C–C–N with tert-alkyl or cyclic N) is 1. The maximum atomic E-state index is 10.0. The number of aliphatic hydroxyl groups is 1. The summed E-state index contributed by atoms with van der Waals surface area (Å²) < 4.78 is 6.16. The SMILES string of the molecule is O[C@H]1CNCC[C@@H]1n1ccnc1-c1cnsc1. The summed E-state index contributed by atoms with van der Waals surface area (Å²) in [6.45, 7) is 1.57. The van der Waals surface area contributed by atoms with E-state index < -0.39 is 0 Å². The molecule has 2 atom stereocenters. The third-order valence-electron chi connectivity index (χ3n) is 3.13. The second-order valence-corrected chi connectivity index (χ2v) is 4.86. The molecular formula is C11H14N4OS. The monoisotopic (exact) mass is 250 g/mol. The van der Waals surface area contributed by atoms with Crippen LogP contribution in [-0.2, 0) is 0 Å². The molecule has 0 saturated carbocycles.